The molecule has 2 atom stereocenters. The average Bonchev–Trinajstić information content (AvgIpc) is 2.60. The van der Waals surface area contributed by atoms with Gasteiger partial charge in [-0.15, -0.1) is 0 Å². The highest BCUT2D eigenvalue weighted by molar-refractivity contribution is 7.93. The molecule has 0 aromatic heterocycles. The van der Waals surface area contributed by atoms with Crippen LogP contribution in [-0.2, 0) is 29.0 Å². The minimum Gasteiger partial charge on any atom is -0.480 e. The van der Waals surface area contributed by atoms with E-state index in [-0.39, 0.29) is 0 Å². The van der Waals surface area contributed by atoms with Crippen molar-refractivity contribution in [2.24, 2.45) is 10.8 Å². The van der Waals surface area contributed by atoms with E-state index in [1.165, 1.54) is 0 Å². The fraction of sp³-hybridized carbons (Fsp3) is 0.250. The second-order valence-corrected chi connectivity index (χ2v) is 8.07. The fourth-order valence-electron chi connectivity index (χ4n) is 3.09. The first-order valence-electron chi connectivity index (χ1n) is 7.34. The highest BCUT2D eigenvalue weighted by Crippen LogP contribution is 2.42. The van der Waals surface area contributed by atoms with Crippen molar-refractivity contribution in [1.29, 1.82) is 0 Å². The van der Waals surface area contributed by atoms with Gasteiger partial charge in [0.1, 0.15) is 10.5 Å². The summed E-state index contributed by atoms with van der Waals surface area (Å²) in [5.41, 5.74) is -5.88. The van der Waals surface area contributed by atoms with Crippen LogP contribution in [0.4, 0.5) is 0 Å². The van der Waals surface area contributed by atoms with Crippen LogP contribution in [0.15, 0.2) is 48.6 Å². The summed E-state index contributed by atoms with van der Waals surface area (Å²) in [5, 5.41) is 33.3. The van der Waals surface area contributed by atoms with E-state index >= 15 is 0 Å². The number of carboxylic acid groups (broad SMARTS) is 4. The molecule has 10 nitrogen and oxygen atoms in total. The van der Waals surface area contributed by atoms with Crippen molar-refractivity contribution in [3.05, 3.63) is 48.6 Å². The van der Waals surface area contributed by atoms with E-state index < -0.39 is 55.0 Å². The largest absolute Gasteiger partial charge is 0.480 e. The lowest BCUT2D eigenvalue weighted by Gasteiger charge is -2.36. The Morgan fingerprint density at radius 1 is 0.630 bits per heavy atom. The number of sulfone groups is 1. The number of hydrogen-bond acceptors (Lipinski definition) is 6. The van der Waals surface area contributed by atoms with Crippen LogP contribution in [0.1, 0.15) is 0 Å². The zero-order chi connectivity index (χ0) is 20.6. The molecule has 0 saturated heterocycles. The maximum atomic E-state index is 13.2. The highest BCUT2D eigenvalue weighted by Gasteiger charge is 2.63. The van der Waals surface area contributed by atoms with Crippen molar-refractivity contribution < 1.29 is 48.0 Å². The second-order valence-electron chi connectivity index (χ2n) is 5.88. The number of aliphatic carboxylic acids is 4. The third-order valence-electron chi connectivity index (χ3n) is 4.53. The Bertz CT molecular complexity index is 836. The minimum atomic E-state index is -4.98. The zero-order valence-electron chi connectivity index (χ0n) is 13.4. The van der Waals surface area contributed by atoms with E-state index in [0.717, 1.165) is 36.5 Å². The summed E-state index contributed by atoms with van der Waals surface area (Å²) in [4.78, 5) is 46.8. The Morgan fingerprint density at radius 2 is 0.926 bits per heavy atom. The van der Waals surface area contributed by atoms with Crippen molar-refractivity contribution in [3.8, 4) is 0 Å². The standard InChI is InChI=1S/C16H14O10S/c17-11(18)15(12(19)20)7-3-1-5-9(15)27(25,26)10-6-2-4-8-16(10,13(21)22)14(23)24/h1-10H,(H,17,18)(H,19,20)(H,21,22)(H,23,24). The van der Waals surface area contributed by atoms with Gasteiger partial charge in [-0.2, -0.15) is 0 Å². The SMILES string of the molecule is O=C(O)C1(C(=O)O)C=CC=CC1S(=O)(=O)C1C=CC=CC1(C(=O)O)C(=O)O. The van der Waals surface area contributed by atoms with Crippen molar-refractivity contribution in [2.45, 2.75) is 10.5 Å². The molecule has 0 aliphatic heterocycles. The first-order chi connectivity index (χ1) is 12.5. The molecule has 2 aliphatic rings. The zero-order valence-corrected chi connectivity index (χ0v) is 14.2. The molecule has 0 aromatic carbocycles. The summed E-state index contributed by atoms with van der Waals surface area (Å²) in [5.74, 6) is -7.96. The van der Waals surface area contributed by atoms with Gasteiger partial charge in [-0.05, 0) is 0 Å². The van der Waals surface area contributed by atoms with E-state index in [1.807, 2.05) is 0 Å². The Kier molecular flexibility index (Phi) is 4.84. The van der Waals surface area contributed by atoms with Crippen molar-refractivity contribution in [1.82, 2.24) is 0 Å². The van der Waals surface area contributed by atoms with Crippen LogP contribution >= 0.6 is 0 Å². The third-order valence-corrected chi connectivity index (χ3v) is 7.01. The maximum absolute atomic E-state index is 13.2. The Morgan fingerprint density at radius 3 is 1.19 bits per heavy atom. The average molecular weight is 398 g/mol. The second kappa shape index (κ2) is 6.50. The number of carbonyl (C=O) groups is 4. The lowest BCUT2D eigenvalue weighted by Crippen LogP contribution is -2.58. The third kappa shape index (κ3) is 2.67. The van der Waals surface area contributed by atoms with Crippen LogP contribution in [0, 0.1) is 10.8 Å². The molecule has 2 rings (SSSR count). The monoisotopic (exact) mass is 398 g/mol. The number of rotatable bonds is 6. The molecule has 0 amide bonds. The molecule has 144 valence electrons. The minimum absolute atomic E-state index is 0.658. The quantitative estimate of drug-likeness (QED) is 0.433. The molecule has 0 aromatic rings. The molecule has 0 bridgehead atoms. The maximum Gasteiger partial charge on any atom is 0.326 e. The number of carboxylic acids is 4. The normalized spacial score (nSPS) is 25.0. The first-order valence-corrected chi connectivity index (χ1v) is 8.95. The number of hydrogen-bond donors (Lipinski definition) is 4. The smallest absolute Gasteiger partial charge is 0.326 e. The Balaban J connectivity index is 2.76. The topological polar surface area (TPSA) is 183 Å². The van der Waals surface area contributed by atoms with Crippen LogP contribution in [0.25, 0.3) is 0 Å². The summed E-state index contributed by atoms with van der Waals surface area (Å²) < 4.78 is 26.3. The van der Waals surface area contributed by atoms with Gasteiger partial charge in [0, 0.05) is 0 Å². The van der Waals surface area contributed by atoms with E-state index in [4.69, 9.17) is 0 Å². The predicted molar refractivity (Wildman–Crippen MR) is 88.5 cm³/mol. The van der Waals surface area contributed by atoms with Gasteiger partial charge < -0.3 is 20.4 Å². The Hall–Kier alpha value is -3.21. The van der Waals surface area contributed by atoms with Gasteiger partial charge in [0.2, 0.25) is 10.8 Å². The number of allylic oxidation sites excluding steroid dienone is 4. The molecule has 2 unspecified atom stereocenters. The summed E-state index contributed by atoms with van der Waals surface area (Å²) in [6.45, 7) is 0. The fourth-order valence-corrected chi connectivity index (χ4v) is 5.62. The van der Waals surface area contributed by atoms with Gasteiger partial charge >= 0.3 is 23.9 Å². The molecular weight excluding hydrogens is 384 g/mol. The van der Waals surface area contributed by atoms with Crippen LogP contribution in [-0.4, -0.2) is 63.2 Å². The first kappa shape index (κ1) is 20.1. The van der Waals surface area contributed by atoms with Crippen molar-refractivity contribution >= 4 is 33.7 Å². The molecule has 11 heteroatoms. The van der Waals surface area contributed by atoms with Gasteiger partial charge in [-0.25, -0.2) is 8.42 Å². The molecule has 0 saturated carbocycles. The van der Waals surface area contributed by atoms with Gasteiger partial charge in [0.25, 0.3) is 0 Å². The molecule has 0 heterocycles. The van der Waals surface area contributed by atoms with Crippen molar-refractivity contribution in [3.63, 3.8) is 0 Å². The van der Waals surface area contributed by atoms with Crippen LogP contribution < -0.4 is 0 Å². The van der Waals surface area contributed by atoms with E-state index in [1.54, 1.807) is 0 Å². The highest BCUT2D eigenvalue weighted by atomic mass is 32.2. The van der Waals surface area contributed by atoms with Gasteiger partial charge in [-0.1, -0.05) is 48.6 Å². The summed E-state index contributed by atoms with van der Waals surface area (Å²) in [6, 6.07) is 0. The van der Waals surface area contributed by atoms with Gasteiger partial charge in [-0.3, -0.25) is 19.2 Å². The van der Waals surface area contributed by atoms with Gasteiger partial charge in [0.05, 0.1) is 0 Å². The van der Waals surface area contributed by atoms with Crippen LogP contribution in [0.3, 0.4) is 0 Å². The lowest BCUT2D eigenvalue weighted by atomic mass is 9.80. The molecule has 0 radical (unpaired) electrons. The summed E-state index contributed by atoms with van der Waals surface area (Å²) in [6.07, 6.45) is 7.16. The van der Waals surface area contributed by atoms with Crippen LogP contribution in [0.2, 0.25) is 0 Å². The van der Waals surface area contributed by atoms with Gasteiger partial charge in [0.15, 0.2) is 9.84 Å². The van der Waals surface area contributed by atoms with E-state index in [9.17, 15) is 48.0 Å². The van der Waals surface area contributed by atoms with E-state index in [0.29, 0.717) is 12.2 Å². The molecule has 2 aliphatic carbocycles. The molecule has 4 N–H and O–H groups in total. The molecular formula is C16H14O10S. The molecule has 0 spiro atoms. The summed E-state index contributed by atoms with van der Waals surface area (Å²) >= 11 is 0. The molecule has 27 heavy (non-hydrogen) atoms. The Labute approximate surface area is 152 Å². The van der Waals surface area contributed by atoms with Crippen LogP contribution in [0.5, 0.6) is 0 Å². The van der Waals surface area contributed by atoms with Crippen molar-refractivity contribution in [2.75, 3.05) is 0 Å². The lowest BCUT2D eigenvalue weighted by molar-refractivity contribution is -0.161. The summed E-state index contributed by atoms with van der Waals surface area (Å²) in [7, 11) is -4.98. The predicted octanol–water partition coefficient (Wildman–Crippen LogP) is -0.298. The molecule has 0 fully saturated rings. The van der Waals surface area contributed by atoms with E-state index in [2.05, 4.69) is 0 Å².